The number of fused-ring (bicyclic) bond motifs is 1. The maximum absolute atomic E-state index is 8.70. The lowest BCUT2D eigenvalue weighted by atomic mass is 10.1. The Kier molecular flexibility index (Phi) is 5.79. The summed E-state index contributed by atoms with van der Waals surface area (Å²) in [5.74, 6) is 0. The van der Waals surface area contributed by atoms with Gasteiger partial charge in [0.25, 0.3) is 0 Å². The maximum atomic E-state index is 8.70. The van der Waals surface area contributed by atoms with E-state index in [1.165, 1.54) is 17.4 Å². The molecule has 0 atom stereocenters. The summed E-state index contributed by atoms with van der Waals surface area (Å²) in [4.78, 5) is 4.45. The van der Waals surface area contributed by atoms with Crippen LogP contribution in [-0.2, 0) is 6.54 Å². The summed E-state index contributed by atoms with van der Waals surface area (Å²) < 4.78 is 0. The molecule has 0 bridgehead atoms. The Morgan fingerprint density at radius 1 is 1.00 bits per heavy atom. The molecule has 1 aromatic heterocycles. The zero-order valence-corrected chi connectivity index (χ0v) is 11.3. The highest BCUT2D eigenvalue weighted by molar-refractivity contribution is 5.81. The molecular formula is C16H22N2O. The zero-order valence-electron chi connectivity index (χ0n) is 11.3. The molecule has 1 heterocycles. The van der Waals surface area contributed by atoms with Crippen LogP contribution in [0.25, 0.3) is 10.9 Å². The number of nitrogens with zero attached hydrogens (tertiary/aromatic N) is 1. The van der Waals surface area contributed by atoms with Crippen molar-refractivity contribution in [2.24, 2.45) is 0 Å². The minimum absolute atomic E-state index is 0.315. The van der Waals surface area contributed by atoms with E-state index in [2.05, 4.69) is 34.6 Å². The number of nitrogens with one attached hydrogen (secondary N) is 1. The highest BCUT2D eigenvalue weighted by Crippen LogP contribution is 2.15. The molecule has 0 saturated carbocycles. The first-order valence-electron chi connectivity index (χ1n) is 7.06. The summed E-state index contributed by atoms with van der Waals surface area (Å²) in [7, 11) is 0. The van der Waals surface area contributed by atoms with Crippen molar-refractivity contribution in [2.45, 2.75) is 32.2 Å². The largest absolute Gasteiger partial charge is 0.396 e. The lowest BCUT2D eigenvalue weighted by Crippen LogP contribution is -2.15. The van der Waals surface area contributed by atoms with Crippen LogP contribution in [0.15, 0.2) is 36.5 Å². The summed E-state index contributed by atoms with van der Waals surface area (Å²) in [5, 5.41) is 13.4. The predicted molar refractivity (Wildman–Crippen MR) is 79.0 cm³/mol. The Bertz CT molecular complexity index is 494. The van der Waals surface area contributed by atoms with Gasteiger partial charge in [-0.1, -0.05) is 37.1 Å². The zero-order chi connectivity index (χ0) is 13.3. The maximum Gasteiger partial charge on any atom is 0.0746 e. The monoisotopic (exact) mass is 258 g/mol. The van der Waals surface area contributed by atoms with Crippen LogP contribution in [0.3, 0.4) is 0 Å². The van der Waals surface area contributed by atoms with Gasteiger partial charge in [-0.2, -0.15) is 0 Å². The second kappa shape index (κ2) is 7.87. The second-order valence-electron chi connectivity index (χ2n) is 4.81. The van der Waals surface area contributed by atoms with Crippen molar-refractivity contribution in [3.8, 4) is 0 Å². The Morgan fingerprint density at radius 2 is 1.84 bits per heavy atom. The van der Waals surface area contributed by atoms with Crippen molar-refractivity contribution < 1.29 is 5.11 Å². The van der Waals surface area contributed by atoms with Crippen molar-refractivity contribution in [1.82, 2.24) is 10.3 Å². The van der Waals surface area contributed by atoms with Gasteiger partial charge in [0.05, 0.1) is 5.52 Å². The van der Waals surface area contributed by atoms with Gasteiger partial charge in [-0.25, -0.2) is 0 Å². The predicted octanol–water partition coefficient (Wildman–Crippen LogP) is 2.88. The molecule has 0 fully saturated rings. The molecule has 2 aromatic rings. The number of aliphatic hydroxyl groups is 1. The first-order chi connectivity index (χ1) is 9.42. The van der Waals surface area contributed by atoms with E-state index in [1.807, 2.05) is 12.3 Å². The molecule has 2 rings (SSSR count). The molecule has 19 heavy (non-hydrogen) atoms. The fraction of sp³-hybridized carbons (Fsp3) is 0.438. The normalized spacial score (nSPS) is 11.0. The molecule has 0 amide bonds. The number of aliphatic hydroxyl groups excluding tert-OH is 1. The van der Waals surface area contributed by atoms with Crippen molar-refractivity contribution >= 4 is 10.9 Å². The van der Waals surface area contributed by atoms with E-state index in [1.54, 1.807) is 0 Å². The number of hydrogen-bond donors (Lipinski definition) is 2. The summed E-state index contributed by atoms with van der Waals surface area (Å²) in [6.45, 7) is 2.21. The Hall–Kier alpha value is -1.45. The fourth-order valence-corrected chi connectivity index (χ4v) is 2.25. The second-order valence-corrected chi connectivity index (χ2v) is 4.81. The van der Waals surface area contributed by atoms with Crippen molar-refractivity contribution in [3.63, 3.8) is 0 Å². The lowest BCUT2D eigenvalue weighted by molar-refractivity contribution is 0.282. The summed E-state index contributed by atoms with van der Waals surface area (Å²) in [6.07, 6.45) is 6.24. The summed E-state index contributed by atoms with van der Waals surface area (Å²) in [6, 6.07) is 10.4. The highest BCUT2D eigenvalue weighted by atomic mass is 16.2. The Morgan fingerprint density at radius 3 is 2.74 bits per heavy atom. The minimum Gasteiger partial charge on any atom is -0.396 e. The van der Waals surface area contributed by atoms with Gasteiger partial charge in [0, 0.05) is 24.7 Å². The van der Waals surface area contributed by atoms with Gasteiger partial charge in [-0.15, -0.1) is 0 Å². The number of hydrogen-bond acceptors (Lipinski definition) is 3. The number of aromatic nitrogens is 1. The quantitative estimate of drug-likeness (QED) is 0.716. The standard InChI is InChI=1S/C16H22N2O/c19-12-4-2-1-3-10-17-13-15-8-5-7-14-9-6-11-18-16(14)15/h5-9,11,17,19H,1-4,10,12-13H2. The molecular weight excluding hydrogens is 236 g/mol. The SMILES string of the molecule is OCCCCCCNCc1cccc2cccnc12. The van der Waals surface area contributed by atoms with E-state index in [0.29, 0.717) is 6.61 Å². The lowest BCUT2D eigenvalue weighted by Gasteiger charge is -2.07. The number of rotatable bonds is 8. The van der Waals surface area contributed by atoms with Crippen LogP contribution >= 0.6 is 0 Å². The number of benzene rings is 1. The fourth-order valence-electron chi connectivity index (χ4n) is 2.25. The van der Waals surface area contributed by atoms with Gasteiger partial charge in [0.15, 0.2) is 0 Å². The third-order valence-corrected chi connectivity index (χ3v) is 3.29. The smallest absolute Gasteiger partial charge is 0.0746 e. The Balaban J connectivity index is 1.78. The average molecular weight is 258 g/mol. The summed E-state index contributed by atoms with van der Waals surface area (Å²) in [5.41, 5.74) is 2.35. The van der Waals surface area contributed by atoms with Crippen molar-refractivity contribution in [1.29, 1.82) is 0 Å². The van der Waals surface area contributed by atoms with E-state index in [-0.39, 0.29) is 0 Å². The van der Waals surface area contributed by atoms with Gasteiger partial charge in [-0.3, -0.25) is 4.98 Å². The third-order valence-electron chi connectivity index (χ3n) is 3.29. The molecule has 0 saturated heterocycles. The minimum atomic E-state index is 0.315. The molecule has 0 radical (unpaired) electrons. The average Bonchev–Trinajstić information content (AvgIpc) is 2.46. The van der Waals surface area contributed by atoms with Crippen LogP contribution in [0.1, 0.15) is 31.2 Å². The van der Waals surface area contributed by atoms with Gasteiger partial charge in [0.2, 0.25) is 0 Å². The molecule has 0 aliphatic heterocycles. The number of unbranched alkanes of at least 4 members (excludes halogenated alkanes) is 3. The molecule has 3 nitrogen and oxygen atoms in total. The first-order valence-corrected chi connectivity index (χ1v) is 7.06. The molecule has 0 spiro atoms. The van der Waals surface area contributed by atoms with Gasteiger partial charge in [0.1, 0.15) is 0 Å². The van der Waals surface area contributed by atoms with Gasteiger partial charge >= 0.3 is 0 Å². The van der Waals surface area contributed by atoms with Crippen LogP contribution in [0, 0.1) is 0 Å². The van der Waals surface area contributed by atoms with Crippen molar-refractivity contribution in [3.05, 3.63) is 42.1 Å². The Labute approximate surface area is 114 Å². The first kappa shape index (κ1) is 14.0. The van der Waals surface area contributed by atoms with Gasteiger partial charge < -0.3 is 10.4 Å². The topological polar surface area (TPSA) is 45.1 Å². The van der Waals surface area contributed by atoms with E-state index in [0.717, 1.165) is 37.9 Å². The van der Waals surface area contributed by atoms with E-state index in [4.69, 9.17) is 5.11 Å². The van der Waals surface area contributed by atoms with Crippen LogP contribution in [0.4, 0.5) is 0 Å². The van der Waals surface area contributed by atoms with E-state index >= 15 is 0 Å². The van der Waals surface area contributed by atoms with Crippen LogP contribution < -0.4 is 5.32 Å². The van der Waals surface area contributed by atoms with E-state index < -0.39 is 0 Å². The molecule has 0 unspecified atom stereocenters. The molecule has 1 aromatic carbocycles. The molecule has 3 heteroatoms. The van der Waals surface area contributed by atoms with Crippen LogP contribution in [-0.4, -0.2) is 23.2 Å². The van der Waals surface area contributed by atoms with Crippen LogP contribution in [0.2, 0.25) is 0 Å². The summed E-state index contributed by atoms with van der Waals surface area (Å²) >= 11 is 0. The third kappa shape index (κ3) is 4.30. The molecule has 2 N–H and O–H groups in total. The molecule has 102 valence electrons. The van der Waals surface area contributed by atoms with E-state index in [9.17, 15) is 0 Å². The van der Waals surface area contributed by atoms with Gasteiger partial charge in [-0.05, 0) is 31.0 Å². The van der Waals surface area contributed by atoms with Crippen molar-refractivity contribution in [2.75, 3.05) is 13.2 Å². The van der Waals surface area contributed by atoms with Crippen LogP contribution in [0.5, 0.6) is 0 Å². The number of pyridine rings is 1. The molecule has 0 aliphatic rings. The number of para-hydroxylation sites is 1. The molecule has 0 aliphatic carbocycles. The highest BCUT2D eigenvalue weighted by Gasteiger charge is 2.00.